The topological polar surface area (TPSA) is 280 Å². The van der Waals surface area contributed by atoms with Gasteiger partial charge in [0.2, 0.25) is 5.78 Å². The van der Waals surface area contributed by atoms with Gasteiger partial charge in [0.05, 0.1) is 6.04 Å². The molecular weight excluding hydrogens is 730 g/mol. The first-order valence-electron chi connectivity index (χ1n) is 14.4. The van der Waals surface area contributed by atoms with Crippen molar-refractivity contribution < 1.29 is 80.3 Å². The van der Waals surface area contributed by atoms with Crippen LogP contribution in [0.4, 0.5) is 32.0 Å². The number of amides is 1. The second kappa shape index (κ2) is 19.7. The van der Waals surface area contributed by atoms with E-state index < -0.39 is 60.4 Å². The molecule has 1 atom stereocenters. The van der Waals surface area contributed by atoms with Gasteiger partial charge >= 0.3 is 36.2 Å². The number of carboxylic acids is 4. The summed E-state index contributed by atoms with van der Waals surface area (Å²) in [6.07, 6.45) is -10.8. The lowest BCUT2D eigenvalue weighted by Crippen LogP contribution is -2.39. The van der Waals surface area contributed by atoms with E-state index in [0.717, 1.165) is 11.1 Å². The van der Waals surface area contributed by atoms with Crippen LogP contribution in [0.2, 0.25) is 0 Å². The van der Waals surface area contributed by atoms with Crippen molar-refractivity contribution in [2.24, 2.45) is 5.73 Å². The second-order valence-corrected chi connectivity index (χ2v) is 10.4. The van der Waals surface area contributed by atoms with Gasteiger partial charge in [-0.15, -0.1) is 0 Å². The molecule has 10 N–H and O–H groups in total. The quantitative estimate of drug-likeness (QED) is 0.0406. The van der Waals surface area contributed by atoms with E-state index in [4.69, 9.17) is 46.5 Å². The number of carbonyl (C=O) groups is 6. The Balaban J connectivity index is 0.000000845. The molecule has 0 fully saturated rings. The summed E-state index contributed by atoms with van der Waals surface area (Å²) in [6, 6.07) is 17.6. The lowest BCUT2D eigenvalue weighted by atomic mass is 10.0. The fraction of sp³-hybridized carbons (Fsp3) is 0.219. The average Bonchev–Trinajstić information content (AvgIpc) is 3.06. The van der Waals surface area contributed by atoms with E-state index in [9.17, 15) is 50.6 Å². The summed E-state index contributed by atoms with van der Waals surface area (Å²) in [4.78, 5) is 64.9. The van der Waals surface area contributed by atoms with Crippen molar-refractivity contribution in [2.45, 2.75) is 37.7 Å². The summed E-state index contributed by atoms with van der Waals surface area (Å²) in [5.74, 6) is -9.88. The predicted octanol–water partition coefficient (Wildman–Crippen LogP) is 3.72. The Kier molecular flexibility index (Phi) is 16.4. The number of hydrogen-bond donors (Lipinski definition) is 8. The number of aliphatic carboxylic acids is 4. The highest BCUT2D eigenvalue weighted by molar-refractivity contribution is 6.33. The summed E-state index contributed by atoms with van der Waals surface area (Å²) in [6.45, 7) is -0.188. The Labute approximate surface area is 294 Å². The van der Waals surface area contributed by atoms with Crippen molar-refractivity contribution in [3.63, 3.8) is 0 Å². The molecule has 0 unspecified atom stereocenters. The smallest absolute Gasteiger partial charge is 0.490 e. The summed E-state index contributed by atoms with van der Waals surface area (Å²) >= 11 is 0. The molecule has 0 radical (unpaired) electrons. The van der Waals surface area contributed by atoms with Crippen LogP contribution in [0.5, 0.6) is 5.75 Å². The molecule has 0 saturated heterocycles. The number of ether oxygens (including phenoxy) is 1. The van der Waals surface area contributed by atoms with E-state index in [1.807, 2.05) is 18.2 Å². The molecule has 286 valence electrons. The van der Waals surface area contributed by atoms with Crippen LogP contribution in [-0.2, 0) is 30.4 Å². The number of nitrogens with one attached hydrogen (secondary N) is 2. The Morgan fingerprint density at radius 2 is 1.32 bits per heavy atom. The largest absolute Gasteiger partial charge is 0.491 e. The fourth-order valence-corrected chi connectivity index (χ4v) is 3.72. The van der Waals surface area contributed by atoms with E-state index in [1.165, 1.54) is 18.2 Å². The van der Waals surface area contributed by atoms with Crippen molar-refractivity contribution >= 4 is 47.1 Å². The molecule has 0 spiro atoms. The van der Waals surface area contributed by atoms with Crippen LogP contribution in [0, 0.1) is 5.41 Å². The molecule has 0 aliphatic carbocycles. The molecule has 1 amide bonds. The van der Waals surface area contributed by atoms with Gasteiger partial charge in [0, 0.05) is 35.2 Å². The number of nitrogen functional groups attached to an aromatic ring is 2. The van der Waals surface area contributed by atoms with Gasteiger partial charge in [-0.1, -0.05) is 36.4 Å². The molecule has 0 bridgehead atoms. The zero-order valence-corrected chi connectivity index (χ0v) is 26.8. The van der Waals surface area contributed by atoms with Crippen molar-refractivity contribution in [1.29, 1.82) is 5.41 Å². The second-order valence-electron chi connectivity index (χ2n) is 10.4. The maximum atomic E-state index is 13.1. The third-order valence-electron chi connectivity index (χ3n) is 6.30. The van der Waals surface area contributed by atoms with Gasteiger partial charge in [-0.25, -0.2) is 14.4 Å². The number of nitrogens with two attached hydrogens (primary N) is 2. The number of amidine groups is 1. The number of rotatable bonds is 13. The van der Waals surface area contributed by atoms with Crippen LogP contribution in [0.25, 0.3) is 11.1 Å². The van der Waals surface area contributed by atoms with Gasteiger partial charge in [0.25, 0.3) is 5.91 Å². The molecule has 15 nitrogen and oxygen atoms in total. The molecule has 3 aromatic rings. The van der Waals surface area contributed by atoms with Gasteiger partial charge in [0.15, 0.2) is 0 Å². The summed E-state index contributed by atoms with van der Waals surface area (Å²) < 4.78 is 69.3. The number of carboxylic acid groups (broad SMARTS) is 4. The lowest BCUT2D eigenvalue weighted by molar-refractivity contribution is -0.193. The average molecular weight is 761 g/mol. The van der Waals surface area contributed by atoms with E-state index >= 15 is 0 Å². The number of carbonyl (C=O) groups excluding carboxylic acids is 2. The van der Waals surface area contributed by atoms with Crippen LogP contribution in [0.15, 0.2) is 66.7 Å². The predicted molar refractivity (Wildman–Crippen MR) is 171 cm³/mol. The highest BCUT2D eigenvalue weighted by Crippen LogP contribution is 2.24. The minimum absolute atomic E-state index is 0.0362. The molecular formula is C32H30F6N4O11. The molecule has 0 aromatic heterocycles. The number of Topliss-reactive ketones (excluding diaryl/α,β-unsaturated/α-hetero) is 1. The number of anilines is 1. The molecule has 21 heteroatoms. The Morgan fingerprint density at radius 3 is 1.79 bits per heavy atom. The minimum atomic E-state index is -5.08. The van der Waals surface area contributed by atoms with E-state index in [1.54, 1.807) is 30.3 Å². The van der Waals surface area contributed by atoms with Gasteiger partial charge in [-0.3, -0.25) is 19.8 Å². The van der Waals surface area contributed by atoms with Gasteiger partial charge in [0.1, 0.15) is 18.2 Å². The zero-order valence-electron chi connectivity index (χ0n) is 26.8. The SMILES string of the molecule is N=C(N)c1ccc(CC(=O)C(=O)O)c(OC[C@@H](CCC(=O)O)NC(=O)c2cccc(-c3ccc(N)cc3)c2)c1.O=C(O)C(F)(F)F.O=C(O)C(F)(F)F. The van der Waals surface area contributed by atoms with E-state index in [0.29, 0.717) is 11.3 Å². The molecule has 53 heavy (non-hydrogen) atoms. The normalized spacial score (nSPS) is 11.3. The number of halogens is 6. The molecule has 0 aliphatic heterocycles. The van der Waals surface area contributed by atoms with Gasteiger partial charge in [-0.2, -0.15) is 26.3 Å². The molecule has 3 rings (SSSR count). The first kappa shape index (κ1) is 44.4. The molecule has 3 aromatic carbocycles. The zero-order chi connectivity index (χ0) is 40.7. The Morgan fingerprint density at radius 1 is 0.774 bits per heavy atom. The first-order valence-corrected chi connectivity index (χ1v) is 14.4. The summed E-state index contributed by atoms with van der Waals surface area (Å²) in [7, 11) is 0. The monoisotopic (exact) mass is 760 g/mol. The fourth-order valence-electron chi connectivity index (χ4n) is 3.72. The van der Waals surface area contributed by atoms with Crippen LogP contribution in [-0.4, -0.2) is 86.8 Å². The van der Waals surface area contributed by atoms with Crippen LogP contribution in [0.1, 0.15) is 34.3 Å². The number of ketones is 1. The number of alkyl halides is 6. The Hall–Kier alpha value is -6.67. The van der Waals surface area contributed by atoms with Crippen LogP contribution < -0.4 is 21.5 Å². The molecule has 0 heterocycles. The van der Waals surface area contributed by atoms with Gasteiger partial charge in [-0.05, 0) is 47.9 Å². The third kappa shape index (κ3) is 16.3. The number of hydrogen-bond acceptors (Lipinski definition) is 9. The van der Waals surface area contributed by atoms with Crippen molar-refractivity contribution in [1.82, 2.24) is 5.32 Å². The number of benzene rings is 3. The van der Waals surface area contributed by atoms with Crippen LogP contribution >= 0.6 is 0 Å². The molecule has 0 saturated carbocycles. The first-order chi connectivity index (χ1) is 24.4. The summed E-state index contributed by atoms with van der Waals surface area (Å²) in [5, 5.41) is 42.8. The lowest BCUT2D eigenvalue weighted by Gasteiger charge is -2.20. The maximum absolute atomic E-state index is 13.1. The van der Waals surface area contributed by atoms with Crippen molar-refractivity contribution in [2.75, 3.05) is 12.3 Å². The minimum Gasteiger partial charge on any atom is -0.491 e. The molecule has 0 aliphatic rings. The van der Waals surface area contributed by atoms with E-state index in [2.05, 4.69) is 5.32 Å². The Bertz CT molecular complexity index is 1790. The van der Waals surface area contributed by atoms with Gasteiger partial charge < -0.3 is 41.9 Å². The van der Waals surface area contributed by atoms with Crippen LogP contribution in [0.3, 0.4) is 0 Å². The third-order valence-corrected chi connectivity index (χ3v) is 6.30. The summed E-state index contributed by atoms with van der Waals surface area (Å²) in [5.41, 5.74) is 14.4. The maximum Gasteiger partial charge on any atom is 0.490 e. The van der Waals surface area contributed by atoms with E-state index in [-0.39, 0.29) is 42.2 Å². The van der Waals surface area contributed by atoms with Crippen molar-refractivity contribution in [3.8, 4) is 16.9 Å². The van der Waals surface area contributed by atoms with Crippen molar-refractivity contribution in [3.05, 3.63) is 83.4 Å². The standard InChI is InChI=1S/C28H28N4O7.2C2HF3O2/c29-21-8-6-16(7-9-21)17-2-1-3-20(12-17)27(36)32-22(10-11-25(34)35)15-39-24-14-19(26(30)31)5-4-18(24)13-23(33)28(37)38;2*3-2(4,5)1(6)7/h1-9,12,14,22H,10-11,13,15,29H2,(H3,30,31)(H,32,36)(H,34,35)(H,37,38);2*(H,6,7)/t22-;;/m1../s1. The highest BCUT2D eigenvalue weighted by atomic mass is 19.4. The highest BCUT2D eigenvalue weighted by Gasteiger charge is 2.39.